The largest absolute Gasteiger partial charge is 0.544 e. The number of carbonyl (C=O) groups excluding carboxylic acids is 1. The zero-order valence-electron chi connectivity index (χ0n) is 23.6. The van der Waals surface area contributed by atoms with Gasteiger partial charge in [-0.1, -0.05) is 45.4 Å². The van der Waals surface area contributed by atoms with E-state index in [1.165, 1.54) is 11.1 Å². The van der Waals surface area contributed by atoms with Crippen molar-refractivity contribution in [3.8, 4) is 5.75 Å². The van der Waals surface area contributed by atoms with Crippen molar-refractivity contribution in [2.45, 2.75) is 102 Å². The summed E-state index contributed by atoms with van der Waals surface area (Å²) in [4.78, 5) is 13.3. The van der Waals surface area contributed by atoms with Gasteiger partial charge in [-0.3, -0.25) is 4.79 Å². The first-order chi connectivity index (χ1) is 17.4. The number of hydrogen-bond acceptors (Lipinski definition) is 4. The third-order valence-corrected chi connectivity index (χ3v) is 15.2. The lowest BCUT2D eigenvalue weighted by molar-refractivity contribution is -0.128. The minimum Gasteiger partial charge on any atom is -0.544 e. The van der Waals surface area contributed by atoms with Crippen LogP contribution in [0.25, 0.3) is 0 Å². The third-order valence-electron chi connectivity index (χ3n) is 10.8. The molecule has 1 aliphatic heterocycles. The molecule has 3 fully saturated rings. The van der Waals surface area contributed by atoms with Gasteiger partial charge in [0.05, 0.1) is 13.2 Å². The van der Waals surface area contributed by atoms with Crippen LogP contribution >= 0.6 is 0 Å². The summed E-state index contributed by atoms with van der Waals surface area (Å²) in [5, 5.41) is 0.164. The molecule has 6 rings (SSSR count). The fourth-order valence-electron chi connectivity index (χ4n) is 7.77. The second-order valence-corrected chi connectivity index (χ2v) is 18.7. The van der Waals surface area contributed by atoms with Gasteiger partial charge in [-0.25, -0.2) is 0 Å². The Morgan fingerprint density at radius 1 is 1.00 bits per heavy atom. The number of allylic oxidation sites excluding steroid dienone is 3. The molecule has 0 aromatic heterocycles. The Hall–Kier alpha value is -1.69. The van der Waals surface area contributed by atoms with E-state index < -0.39 is 14.1 Å². The van der Waals surface area contributed by atoms with Gasteiger partial charge in [0.2, 0.25) is 8.32 Å². The van der Waals surface area contributed by atoms with Crippen molar-refractivity contribution in [1.29, 1.82) is 0 Å². The van der Waals surface area contributed by atoms with E-state index in [0.717, 1.165) is 50.7 Å². The molecule has 4 nitrogen and oxygen atoms in total. The van der Waals surface area contributed by atoms with Crippen LogP contribution < -0.4 is 4.43 Å². The van der Waals surface area contributed by atoms with Gasteiger partial charge in [-0.15, -0.1) is 0 Å². The molecule has 1 aromatic carbocycles. The molecule has 0 N–H and O–H groups in total. The summed E-state index contributed by atoms with van der Waals surface area (Å²) in [6.07, 6.45) is 9.16. The summed E-state index contributed by atoms with van der Waals surface area (Å²) in [5.74, 6) is 2.23. The van der Waals surface area contributed by atoms with Crippen LogP contribution in [0.5, 0.6) is 5.75 Å². The van der Waals surface area contributed by atoms with Crippen LogP contribution in [0.15, 0.2) is 47.1 Å². The van der Waals surface area contributed by atoms with E-state index in [-0.39, 0.29) is 16.4 Å². The Labute approximate surface area is 224 Å². The topological polar surface area (TPSA) is 44.8 Å². The standard InChI is InChI=1S/C32H44O4Si/c1-30(2,3)37(5,6)36-23-10-7-21(8-11-23)26-20-31(4)27(13-14-28(31)33)25-12-9-22-19-32(34-17-18-35-32)16-15-24(22)29(25)26/h7-8,10-11,19,25-27H,9,12-18,20H2,1-6H3/t25-,26+,27-,31-/m0/s1. The number of rotatable bonds is 3. The van der Waals surface area contributed by atoms with Crippen LogP contribution in [0, 0.1) is 17.3 Å². The molecule has 5 heteroatoms. The fourth-order valence-corrected chi connectivity index (χ4v) is 8.80. The van der Waals surface area contributed by atoms with E-state index in [0.29, 0.717) is 30.8 Å². The average Bonchev–Trinajstić information content (AvgIpc) is 3.41. The predicted octanol–water partition coefficient (Wildman–Crippen LogP) is 7.71. The van der Waals surface area contributed by atoms with Gasteiger partial charge in [-0.05, 0) is 97.0 Å². The molecule has 0 radical (unpaired) electrons. The van der Waals surface area contributed by atoms with Crippen LogP contribution in [0.4, 0.5) is 0 Å². The highest BCUT2D eigenvalue weighted by Gasteiger charge is 2.57. The van der Waals surface area contributed by atoms with Crippen LogP contribution in [0.1, 0.15) is 84.1 Å². The number of carbonyl (C=O) groups is 1. The maximum absolute atomic E-state index is 13.3. The van der Waals surface area contributed by atoms with Gasteiger partial charge in [0.15, 0.2) is 5.79 Å². The van der Waals surface area contributed by atoms with Crippen molar-refractivity contribution in [3.05, 3.63) is 52.6 Å². The number of benzene rings is 1. The molecule has 1 spiro atoms. The molecule has 4 aliphatic carbocycles. The predicted molar refractivity (Wildman–Crippen MR) is 149 cm³/mol. The monoisotopic (exact) mass is 520 g/mol. The first-order valence-electron chi connectivity index (χ1n) is 14.5. The number of hydrogen-bond donors (Lipinski definition) is 0. The van der Waals surface area contributed by atoms with Gasteiger partial charge in [0, 0.05) is 24.2 Å². The summed E-state index contributed by atoms with van der Waals surface area (Å²) < 4.78 is 18.8. The minimum atomic E-state index is -1.89. The summed E-state index contributed by atoms with van der Waals surface area (Å²) in [5.41, 5.74) is 5.75. The SMILES string of the molecule is CC(C)(C)[Si](C)(C)Oc1ccc([C@H]2C[C@]3(C)C(=O)CC[C@H]3[C@@H]3CCC4=CC5(CCC4=C32)OCCO5)cc1. The van der Waals surface area contributed by atoms with Crippen molar-refractivity contribution >= 4 is 14.1 Å². The summed E-state index contributed by atoms with van der Waals surface area (Å²) in [6, 6.07) is 8.92. The van der Waals surface area contributed by atoms with Gasteiger partial charge in [0.25, 0.3) is 0 Å². The highest BCUT2D eigenvalue weighted by Crippen LogP contribution is 2.63. The van der Waals surface area contributed by atoms with Crippen molar-refractivity contribution in [2.24, 2.45) is 17.3 Å². The Morgan fingerprint density at radius 3 is 2.38 bits per heavy atom. The number of Topliss-reactive ketones (excluding diaryl/α,β-unsaturated/α-hetero) is 1. The molecule has 0 bridgehead atoms. The van der Waals surface area contributed by atoms with Crippen molar-refractivity contribution < 1.29 is 18.7 Å². The molecule has 37 heavy (non-hydrogen) atoms. The lowest BCUT2D eigenvalue weighted by Crippen LogP contribution is -2.44. The smallest absolute Gasteiger partial charge is 0.250 e. The Balaban J connectivity index is 1.39. The van der Waals surface area contributed by atoms with E-state index in [2.05, 4.69) is 71.1 Å². The normalized spacial score (nSPS) is 33.2. The number of fused-ring (bicyclic) bond motifs is 4. The van der Waals surface area contributed by atoms with E-state index in [1.807, 2.05) is 0 Å². The number of ether oxygens (including phenoxy) is 2. The highest BCUT2D eigenvalue weighted by molar-refractivity contribution is 6.74. The lowest BCUT2D eigenvalue weighted by atomic mass is 9.53. The molecule has 1 heterocycles. The third kappa shape index (κ3) is 4.11. The molecule has 5 aliphatic rings. The highest BCUT2D eigenvalue weighted by atomic mass is 28.4. The zero-order chi connectivity index (χ0) is 26.2. The summed E-state index contributed by atoms with van der Waals surface area (Å²) >= 11 is 0. The van der Waals surface area contributed by atoms with Crippen LogP contribution in [0.2, 0.25) is 18.1 Å². The van der Waals surface area contributed by atoms with Crippen LogP contribution in [-0.2, 0) is 14.3 Å². The minimum absolute atomic E-state index is 0.164. The number of ketones is 1. The van der Waals surface area contributed by atoms with Crippen LogP contribution in [0.3, 0.4) is 0 Å². The quantitative estimate of drug-likeness (QED) is 0.383. The molecule has 0 amide bonds. The summed E-state index contributed by atoms with van der Waals surface area (Å²) in [6.45, 7) is 15.1. The zero-order valence-corrected chi connectivity index (χ0v) is 24.6. The van der Waals surface area contributed by atoms with Gasteiger partial charge in [-0.2, -0.15) is 0 Å². The van der Waals surface area contributed by atoms with Crippen molar-refractivity contribution in [2.75, 3.05) is 13.2 Å². The van der Waals surface area contributed by atoms with E-state index in [1.54, 1.807) is 11.1 Å². The molecule has 4 atom stereocenters. The molecule has 1 saturated heterocycles. The average molecular weight is 521 g/mol. The fraction of sp³-hybridized carbons (Fsp3) is 0.656. The van der Waals surface area contributed by atoms with Gasteiger partial charge < -0.3 is 13.9 Å². The molecule has 2 saturated carbocycles. The second-order valence-electron chi connectivity index (χ2n) is 13.9. The van der Waals surface area contributed by atoms with E-state index in [9.17, 15) is 4.79 Å². The Morgan fingerprint density at radius 2 is 1.70 bits per heavy atom. The van der Waals surface area contributed by atoms with E-state index >= 15 is 0 Å². The molecular formula is C32H44O4Si. The molecule has 1 aromatic rings. The first-order valence-corrected chi connectivity index (χ1v) is 17.4. The molecule has 0 unspecified atom stereocenters. The van der Waals surface area contributed by atoms with Crippen LogP contribution in [-0.4, -0.2) is 33.1 Å². The Bertz CT molecular complexity index is 1150. The lowest BCUT2D eigenvalue weighted by Gasteiger charge is -2.51. The van der Waals surface area contributed by atoms with Crippen molar-refractivity contribution in [3.63, 3.8) is 0 Å². The summed E-state index contributed by atoms with van der Waals surface area (Å²) in [7, 11) is -1.89. The maximum atomic E-state index is 13.3. The van der Waals surface area contributed by atoms with Gasteiger partial charge >= 0.3 is 0 Å². The first kappa shape index (κ1) is 25.6. The van der Waals surface area contributed by atoms with E-state index in [4.69, 9.17) is 13.9 Å². The molecular weight excluding hydrogens is 476 g/mol. The Kier molecular flexibility index (Phi) is 5.98. The van der Waals surface area contributed by atoms with Gasteiger partial charge in [0.1, 0.15) is 11.5 Å². The maximum Gasteiger partial charge on any atom is 0.250 e. The molecule has 200 valence electrons. The van der Waals surface area contributed by atoms with Crippen molar-refractivity contribution in [1.82, 2.24) is 0 Å². The second kappa shape index (κ2) is 8.66.